The van der Waals surface area contributed by atoms with Gasteiger partial charge in [0, 0.05) is 18.8 Å². The highest BCUT2D eigenvalue weighted by Crippen LogP contribution is 2.09. The maximum absolute atomic E-state index is 3.94. The van der Waals surface area contributed by atoms with E-state index in [1.165, 1.54) is 11.1 Å². The molecule has 0 radical (unpaired) electrons. The summed E-state index contributed by atoms with van der Waals surface area (Å²) in [5.74, 6) is 0. The minimum Gasteiger partial charge on any atom is -0.305 e. The van der Waals surface area contributed by atoms with Crippen LogP contribution in [0.2, 0.25) is 0 Å². The number of aromatic nitrogens is 2. The van der Waals surface area contributed by atoms with E-state index in [-0.39, 0.29) is 0 Å². The van der Waals surface area contributed by atoms with Crippen LogP contribution in [0.25, 0.3) is 0 Å². The van der Waals surface area contributed by atoms with E-state index in [2.05, 4.69) is 53.6 Å². The van der Waals surface area contributed by atoms with Crippen LogP contribution < -0.4 is 5.32 Å². The molecule has 1 atom stereocenters. The van der Waals surface area contributed by atoms with Crippen LogP contribution in [0.3, 0.4) is 0 Å². The first-order chi connectivity index (χ1) is 7.75. The number of aromatic amines is 1. The lowest BCUT2D eigenvalue weighted by Gasteiger charge is -2.11. The van der Waals surface area contributed by atoms with Gasteiger partial charge in [-0.05, 0) is 25.5 Å². The summed E-state index contributed by atoms with van der Waals surface area (Å²) in [7, 11) is 0. The van der Waals surface area contributed by atoms with Gasteiger partial charge in [-0.1, -0.05) is 29.8 Å². The van der Waals surface area contributed by atoms with Gasteiger partial charge < -0.3 is 5.32 Å². The normalized spacial score (nSPS) is 12.6. The average Bonchev–Trinajstić information content (AvgIpc) is 2.81. The van der Waals surface area contributed by atoms with Crippen LogP contribution in [0.5, 0.6) is 0 Å². The van der Waals surface area contributed by atoms with Crippen molar-refractivity contribution in [2.45, 2.75) is 26.4 Å². The van der Waals surface area contributed by atoms with Crippen molar-refractivity contribution in [3.63, 3.8) is 0 Å². The fourth-order valence-electron chi connectivity index (χ4n) is 1.59. The number of benzene rings is 1. The summed E-state index contributed by atoms with van der Waals surface area (Å²) in [5.41, 5.74) is 3.72. The largest absolute Gasteiger partial charge is 0.305 e. The molecule has 84 valence electrons. The molecule has 0 saturated carbocycles. The second kappa shape index (κ2) is 4.94. The zero-order valence-electron chi connectivity index (χ0n) is 9.70. The van der Waals surface area contributed by atoms with E-state index in [0.717, 1.165) is 12.2 Å². The maximum atomic E-state index is 3.94. The lowest BCUT2D eigenvalue weighted by molar-refractivity contribution is 0.560. The van der Waals surface area contributed by atoms with Crippen LogP contribution in [0.15, 0.2) is 36.5 Å². The van der Waals surface area contributed by atoms with E-state index < -0.39 is 0 Å². The van der Waals surface area contributed by atoms with Gasteiger partial charge in [-0.3, -0.25) is 5.10 Å². The van der Waals surface area contributed by atoms with Crippen molar-refractivity contribution in [1.29, 1.82) is 0 Å². The molecule has 0 bridgehead atoms. The van der Waals surface area contributed by atoms with Crippen molar-refractivity contribution >= 4 is 0 Å². The number of hydrogen-bond acceptors (Lipinski definition) is 2. The van der Waals surface area contributed by atoms with E-state index in [1.54, 1.807) is 6.20 Å². The maximum Gasteiger partial charge on any atom is 0.0518 e. The molecule has 1 heterocycles. The molecule has 1 aromatic heterocycles. The Kier molecular flexibility index (Phi) is 3.37. The van der Waals surface area contributed by atoms with Crippen LogP contribution >= 0.6 is 0 Å². The first-order valence-corrected chi connectivity index (χ1v) is 5.54. The molecule has 3 heteroatoms. The van der Waals surface area contributed by atoms with Crippen LogP contribution in [0.4, 0.5) is 0 Å². The molecule has 1 unspecified atom stereocenters. The average molecular weight is 215 g/mol. The van der Waals surface area contributed by atoms with Crippen molar-refractivity contribution in [3.8, 4) is 0 Å². The lowest BCUT2D eigenvalue weighted by atomic mass is 10.1. The Morgan fingerprint density at radius 2 is 2.00 bits per heavy atom. The van der Waals surface area contributed by atoms with Crippen LogP contribution in [-0.4, -0.2) is 10.2 Å². The summed E-state index contributed by atoms with van der Waals surface area (Å²) in [4.78, 5) is 0. The van der Waals surface area contributed by atoms with E-state index in [9.17, 15) is 0 Å². The van der Waals surface area contributed by atoms with E-state index in [0.29, 0.717) is 6.04 Å². The molecule has 0 aliphatic heterocycles. The summed E-state index contributed by atoms with van der Waals surface area (Å²) >= 11 is 0. The van der Waals surface area contributed by atoms with Gasteiger partial charge in [0.2, 0.25) is 0 Å². The number of rotatable bonds is 4. The van der Waals surface area contributed by atoms with Crippen molar-refractivity contribution in [3.05, 3.63) is 53.3 Å². The molecule has 2 N–H and O–H groups in total. The van der Waals surface area contributed by atoms with E-state index in [1.807, 2.05) is 6.07 Å². The summed E-state index contributed by atoms with van der Waals surface area (Å²) in [6, 6.07) is 10.9. The molecule has 2 aromatic rings. The Hall–Kier alpha value is -1.61. The van der Waals surface area contributed by atoms with Gasteiger partial charge >= 0.3 is 0 Å². The summed E-state index contributed by atoms with van der Waals surface area (Å²) < 4.78 is 0. The number of aryl methyl sites for hydroxylation is 1. The minimum absolute atomic E-state index is 0.295. The third-order valence-electron chi connectivity index (χ3n) is 2.72. The molecule has 3 nitrogen and oxygen atoms in total. The van der Waals surface area contributed by atoms with Crippen molar-refractivity contribution in [2.75, 3.05) is 0 Å². The molecule has 0 saturated heterocycles. The SMILES string of the molecule is Cc1ccc(CNC(C)c2ccn[nH]2)cc1. The Balaban J connectivity index is 1.90. The molecule has 0 aliphatic carbocycles. The van der Waals surface area contributed by atoms with Gasteiger partial charge in [-0.2, -0.15) is 5.10 Å². The Labute approximate surface area is 95.9 Å². The highest BCUT2D eigenvalue weighted by atomic mass is 15.1. The summed E-state index contributed by atoms with van der Waals surface area (Å²) in [6.07, 6.45) is 1.78. The van der Waals surface area contributed by atoms with Crippen molar-refractivity contribution in [1.82, 2.24) is 15.5 Å². The topological polar surface area (TPSA) is 40.7 Å². The molecule has 1 aromatic carbocycles. The lowest BCUT2D eigenvalue weighted by Crippen LogP contribution is -2.18. The van der Waals surface area contributed by atoms with Crippen molar-refractivity contribution in [2.24, 2.45) is 0 Å². The van der Waals surface area contributed by atoms with E-state index in [4.69, 9.17) is 0 Å². The predicted octanol–water partition coefficient (Wildman–Crippen LogP) is 2.57. The smallest absolute Gasteiger partial charge is 0.0518 e. The molecule has 16 heavy (non-hydrogen) atoms. The number of hydrogen-bond donors (Lipinski definition) is 2. The van der Waals surface area contributed by atoms with Gasteiger partial charge in [0.25, 0.3) is 0 Å². The predicted molar refractivity (Wildman–Crippen MR) is 65.0 cm³/mol. The Morgan fingerprint density at radius 3 is 2.62 bits per heavy atom. The van der Waals surface area contributed by atoms with Gasteiger partial charge in [-0.15, -0.1) is 0 Å². The third kappa shape index (κ3) is 2.70. The van der Waals surface area contributed by atoms with Crippen molar-refractivity contribution < 1.29 is 0 Å². The minimum atomic E-state index is 0.295. The van der Waals surface area contributed by atoms with Gasteiger partial charge in [-0.25, -0.2) is 0 Å². The molecule has 0 spiro atoms. The highest BCUT2D eigenvalue weighted by molar-refractivity contribution is 5.21. The number of nitrogens with one attached hydrogen (secondary N) is 2. The van der Waals surface area contributed by atoms with Crippen LogP contribution in [0, 0.1) is 6.92 Å². The van der Waals surface area contributed by atoms with Gasteiger partial charge in [0.05, 0.1) is 5.69 Å². The molecular weight excluding hydrogens is 198 g/mol. The zero-order chi connectivity index (χ0) is 11.4. The number of nitrogens with zero attached hydrogens (tertiary/aromatic N) is 1. The fourth-order valence-corrected chi connectivity index (χ4v) is 1.59. The number of H-pyrrole nitrogens is 1. The molecule has 0 aliphatic rings. The Morgan fingerprint density at radius 1 is 1.25 bits per heavy atom. The quantitative estimate of drug-likeness (QED) is 0.823. The molecular formula is C13H17N3. The molecule has 2 rings (SSSR count). The van der Waals surface area contributed by atoms with Crippen LogP contribution in [-0.2, 0) is 6.54 Å². The first-order valence-electron chi connectivity index (χ1n) is 5.54. The van der Waals surface area contributed by atoms with Gasteiger partial charge in [0.15, 0.2) is 0 Å². The monoisotopic (exact) mass is 215 g/mol. The summed E-state index contributed by atoms with van der Waals surface area (Å²) in [6.45, 7) is 5.10. The molecule has 0 fully saturated rings. The highest BCUT2D eigenvalue weighted by Gasteiger charge is 2.05. The van der Waals surface area contributed by atoms with E-state index >= 15 is 0 Å². The fraction of sp³-hybridized carbons (Fsp3) is 0.308. The molecule has 0 amide bonds. The Bertz CT molecular complexity index is 417. The standard InChI is InChI=1S/C13H17N3/c1-10-3-5-12(6-4-10)9-14-11(2)13-7-8-15-16-13/h3-8,11,14H,9H2,1-2H3,(H,15,16). The first kappa shape index (κ1) is 10.9. The van der Waals surface area contributed by atoms with Crippen LogP contribution in [0.1, 0.15) is 29.8 Å². The second-order valence-corrected chi connectivity index (χ2v) is 4.10. The second-order valence-electron chi connectivity index (χ2n) is 4.10. The summed E-state index contributed by atoms with van der Waals surface area (Å²) in [5, 5.41) is 10.4. The van der Waals surface area contributed by atoms with Gasteiger partial charge in [0.1, 0.15) is 0 Å². The zero-order valence-corrected chi connectivity index (χ0v) is 9.70. The third-order valence-corrected chi connectivity index (χ3v) is 2.72.